The number of nitrogens with one attached hydrogen (secondary N) is 1. The summed E-state index contributed by atoms with van der Waals surface area (Å²) in [4.78, 5) is 34.6. The number of hydrogen-bond acceptors (Lipinski definition) is 4. The van der Waals surface area contributed by atoms with Crippen LogP contribution in [0.5, 0.6) is 0 Å². The number of aromatic nitrogens is 2. The quantitative estimate of drug-likeness (QED) is 0.927. The highest BCUT2D eigenvalue weighted by atomic mass is 16.2. The molecule has 1 fully saturated rings. The predicted molar refractivity (Wildman–Crippen MR) is 87.2 cm³/mol. The summed E-state index contributed by atoms with van der Waals surface area (Å²) in [5.41, 5.74) is 1.37. The third kappa shape index (κ3) is 3.48. The largest absolute Gasteiger partial charge is 0.336 e. The van der Waals surface area contributed by atoms with Crippen LogP contribution in [0.15, 0.2) is 47.5 Å². The number of amides is 1. The van der Waals surface area contributed by atoms with Gasteiger partial charge in [-0.25, -0.2) is 0 Å². The Kier molecular flexibility index (Phi) is 4.52. The first-order valence-corrected chi connectivity index (χ1v) is 7.78. The molecular weight excluding hydrogens is 292 g/mol. The standard InChI is InChI=1S/C17H20N4O2/c1-13(15-4-2-3-7-18-15)20-8-10-21(11-9-20)17(23)14-5-6-16(22)19-12-14/h2-7,12-13H,8-11H2,1H3,(H,19,22)/t13-/m1/s1. The van der Waals surface area contributed by atoms with Crippen LogP contribution in [0, 0.1) is 0 Å². The Balaban J connectivity index is 1.61. The summed E-state index contributed by atoms with van der Waals surface area (Å²) < 4.78 is 0. The van der Waals surface area contributed by atoms with Crippen molar-refractivity contribution in [1.82, 2.24) is 19.8 Å². The number of carbonyl (C=O) groups is 1. The van der Waals surface area contributed by atoms with Crippen molar-refractivity contribution in [3.8, 4) is 0 Å². The minimum atomic E-state index is -0.199. The smallest absolute Gasteiger partial charge is 0.255 e. The van der Waals surface area contributed by atoms with E-state index in [4.69, 9.17) is 0 Å². The maximum Gasteiger partial charge on any atom is 0.255 e. The van der Waals surface area contributed by atoms with E-state index in [2.05, 4.69) is 21.8 Å². The third-order valence-corrected chi connectivity index (χ3v) is 4.30. The molecule has 0 spiro atoms. The molecule has 6 heteroatoms. The van der Waals surface area contributed by atoms with Gasteiger partial charge >= 0.3 is 0 Å². The summed E-state index contributed by atoms with van der Waals surface area (Å²) in [6.45, 7) is 5.12. The molecule has 0 bridgehead atoms. The van der Waals surface area contributed by atoms with Gasteiger partial charge in [0.1, 0.15) is 0 Å². The molecule has 3 rings (SSSR count). The van der Waals surface area contributed by atoms with Crippen molar-refractivity contribution in [3.63, 3.8) is 0 Å². The van der Waals surface area contributed by atoms with Crippen LogP contribution in [-0.4, -0.2) is 51.9 Å². The number of rotatable bonds is 3. The Morgan fingerprint density at radius 3 is 2.57 bits per heavy atom. The van der Waals surface area contributed by atoms with Crippen molar-refractivity contribution in [1.29, 1.82) is 0 Å². The van der Waals surface area contributed by atoms with Gasteiger partial charge in [0.15, 0.2) is 0 Å². The lowest BCUT2D eigenvalue weighted by molar-refractivity contribution is 0.0578. The number of aromatic amines is 1. The molecule has 0 radical (unpaired) electrons. The Morgan fingerprint density at radius 2 is 1.96 bits per heavy atom. The van der Waals surface area contributed by atoms with E-state index < -0.39 is 0 Å². The van der Waals surface area contributed by atoms with E-state index in [0.717, 1.165) is 18.8 Å². The second-order valence-corrected chi connectivity index (χ2v) is 5.70. The van der Waals surface area contributed by atoms with Gasteiger partial charge in [-0.05, 0) is 25.1 Å². The summed E-state index contributed by atoms with van der Waals surface area (Å²) >= 11 is 0. The van der Waals surface area contributed by atoms with Crippen LogP contribution >= 0.6 is 0 Å². The fourth-order valence-electron chi connectivity index (χ4n) is 2.85. The zero-order chi connectivity index (χ0) is 16.2. The third-order valence-electron chi connectivity index (χ3n) is 4.30. The van der Waals surface area contributed by atoms with Gasteiger partial charge in [-0.15, -0.1) is 0 Å². The molecule has 1 saturated heterocycles. The number of pyridine rings is 2. The van der Waals surface area contributed by atoms with Crippen molar-refractivity contribution in [3.05, 3.63) is 64.3 Å². The van der Waals surface area contributed by atoms with Crippen molar-refractivity contribution in [2.75, 3.05) is 26.2 Å². The normalized spacial score (nSPS) is 17.0. The summed E-state index contributed by atoms with van der Waals surface area (Å²) in [5, 5.41) is 0. The lowest BCUT2D eigenvalue weighted by atomic mass is 10.1. The van der Waals surface area contributed by atoms with Crippen molar-refractivity contribution >= 4 is 5.91 Å². The molecule has 3 heterocycles. The zero-order valence-corrected chi connectivity index (χ0v) is 13.1. The van der Waals surface area contributed by atoms with Crippen LogP contribution in [0.2, 0.25) is 0 Å². The van der Waals surface area contributed by atoms with Gasteiger partial charge in [-0.2, -0.15) is 0 Å². The number of H-pyrrole nitrogens is 1. The molecule has 0 saturated carbocycles. The zero-order valence-electron chi connectivity index (χ0n) is 13.1. The van der Waals surface area contributed by atoms with Gasteiger partial charge in [0.05, 0.1) is 11.3 Å². The first-order chi connectivity index (χ1) is 11.1. The predicted octanol–water partition coefficient (Wildman–Crippen LogP) is 1.29. The monoisotopic (exact) mass is 312 g/mol. The molecule has 1 atom stereocenters. The van der Waals surface area contributed by atoms with Crippen LogP contribution < -0.4 is 5.56 Å². The molecular formula is C17H20N4O2. The molecule has 2 aromatic heterocycles. The molecule has 120 valence electrons. The molecule has 1 aliphatic heterocycles. The molecule has 0 unspecified atom stereocenters. The molecule has 6 nitrogen and oxygen atoms in total. The van der Waals surface area contributed by atoms with Gasteiger partial charge in [-0.1, -0.05) is 6.07 Å². The van der Waals surface area contributed by atoms with Crippen LogP contribution in [0.1, 0.15) is 29.0 Å². The Morgan fingerprint density at radius 1 is 1.17 bits per heavy atom. The summed E-state index contributed by atoms with van der Waals surface area (Å²) in [6.07, 6.45) is 3.29. The van der Waals surface area contributed by atoms with E-state index in [0.29, 0.717) is 18.7 Å². The van der Waals surface area contributed by atoms with E-state index >= 15 is 0 Å². The van der Waals surface area contributed by atoms with Gasteiger partial charge < -0.3 is 9.88 Å². The Hall–Kier alpha value is -2.47. The molecule has 1 aliphatic rings. The van der Waals surface area contributed by atoms with Crippen molar-refractivity contribution < 1.29 is 4.79 Å². The second-order valence-electron chi connectivity index (χ2n) is 5.70. The van der Waals surface area contributed by atoms with E-state index in [1.807, 2.05) is 29.3 Å². The Labute approximate surface area is 134 Å². The average molecular weight is 312 g/mol. The fourth-order valence-corrected chi connectivity index (χ4v) is 2.85. The second kappa shape index (κ2) is 6.75. The van der Waals surface area contributed by atoms with Crippen LogP contribution in [0.4, 0.5) is 0 Å². The highest BCUT2D eigenvalue weighted by molar-refractivity contribution is 5.93. The molecule has 2 aromatic rings. The SMILES string of the molecule is C[C@H](c1ccccn1)N1CCN(C(=O)c2ccc(=O)[nH]c2)CC1. The Bertz CT molecular complexity index is 700. The molecule has 1 N–H and O–H groups in total. The van der Waals surface area contributed by atoms with E-state index in [1.165, 1.54) is 12.3 Å². The van der Waals surface area contributed by atoms with Gasteiger partial charge in [0.25, 0.3) is 5.91 Å². The first kappa shape index (κ1) is 15.4. The number of piperazine rings is 1. The molecule has 1 amide bonds. The van der Waals surface area contributed by atoms with Crippen LogP contribution in [-0.2, 0) is 0 Å². The average Bonchev–Trinajstić information content (AvgIpc) is 2.62. The molecule has 0 aliphatic carbocycles. The van der Waals surface area contributed by atoms with E-state index in [-0.39, 0.29) is 17.5 Å². The first-order valence-electron chi connectivity index (χ1n) is 7.78. The number of carbonyl (C=O) groups excluding carboxylic acids is 1. The van der Waals surface area contributed by atoms with Gasteiger partial charge in [-0.3, -0.25) is 19.5 Å². The summed E-state index contributed by atoms with van der Waals surface area (Å²) in [6, 6.07) is 9.13. The van der Waals surface area contributed by atoms with Crippen molar-refractivity contribution in [2.24, 2.45) is 0 Å². The lowest BCUT2D eigenvalue weighted by Crippen LogP contribution is -2.49. The molecule has 23 heavy (non-hydrogen) atoms. The number of nitrogens with zero attached hydrogens (tertiary/aromatic N) is 3. The van der Waals surface area contributed by atoms with E-state index in [9.17, 15) is 9.59 Å². The summed E-state index contributed by atoms with van der Waals surface area (Å²) in [7, 11) is 0. The maximum atomic E-state index is 12.4. The van der Waals surface area contributed by atoms with E-state index in [1.54, 1.807) is 6.07 Å². The molecule has 0 aromatic carbocycles. The lowest BCUT2D eigenvalue weighted by Gasteiger charge is -2.37. The van der Waals surface area contributed by atoms with Crippen LogP contribution in [0.3, 0.4) is 0 Å². The fraction of sp³-hybridized carbons (Fsp3) is 0.353. The minimum Gasteiger partial charge on any atom is -0.336 e. The van der Waals surface area contributed by atoms with Gasteiger partial charge in [0, 0.05) is 50.7 Å². The number of hydrogen-bond donors (Lipinski definition) is 1. The maximum absolute atomic E-state index is 12.4. The van der Waals surface area contributed by atoms with Crippen molar-refractivity contribution in [2.45, 2.75) is 13.0 Å². The van der Waals surface area contributed by atoms with Crippen LogP contribution in [0.25, 0.3) is 0 Å². The summed E-state index contributed by atoms with van der Waals surface area (Å²) in [5.74, 6) is -0.0358. The van der Waals surface area contributed by atoms with Gasteiger partial charge in [0.2, 0.25) is 5.56 Å². The highest BCUT2D eigenvalue weighted by Gasteiger charge is 2.25. The topological polar surface area (TPSA) is 69.3 Å². The highest BCUT2D eigenvalue weighted by Crippen LogP contribution is 2.20. The minimum absolute atomic E-state index is 0.0358.